The van der Waals surface area contributed by atoms with E-state index < -0.39 is 0 Å². The molecule has 2 saturated heterocycles. The second-order valence-corrected chi connectivity index (χ2v) is 6.56. The van der Waals surface area contributed by atoms with E-state index in [2.05, 4.69) is 29.4 Å². The third kappa shape index (κ3) is 7.18. The minimum Gasteiger partial charge on any atom is -0.354 e. The molecule has 0 bridgehead atoms. The standard InChI is InChI=1S/C15H29N3O.2ClH/c1-12(2)10-18-8-6-13(11-18)9-17-15(19)14-5-3-4-7-16-14;;/h12-14,16H,3-11H2,1-2H3,(H,17,19);2*1H/t13?,14-;;/m1../s1. The molecule has 2 N–H and O–H groups in total. The molecule has 126 valence electrons. The van der Waals surface area contributed by atoms with E-state index >= 15 is 0 Å². The topological polar surface area (TPSA) is 44.4 Å². The lowest BCUT2D eigenvalue weighted by molar-refractivity contribution is -0.123. The van der Waals surface area contributed by atoms with Gasteiger partial charge in [0.05, 0.1) is 6.04 Å². The fourth-order valence-corrected chi connectivity index (χ4v) is 3.21. The van der Waals surface area contributed by atoms with Gasteiger partial charge in [0.15, 0.2) is 0 Å². The summed E-state index contributed by atoms with van der Waals surface area (Å²) in [7, 11) is 0. The first kappa shape index (κ1) is 21.0. The lowest BCUT2D eigenvalue weighted by Crippen LogP contribution is -2.47. The molecular weight excluding hydrogens is 309 g/mol. The molecule has 0 aromatic rings. The second kappa shape index (κ2) is 10.7. The number of hydrogen-bond acceptors (Lipinski definition) is 3. The van der Waals surface area contributed by atoms with Gasteiger partial charge >= 0.3 is 0 Å². The van der Waals surface area contributed by atoms with Crippen molar-refractivity contribution in [3.63, 3.8) is 0 Å². The number of nitrogens with one attached hydrogen (secondary N) is 2. The molecule has 2 aliphatic heterocycles. The summed E-state index contributed by atoms with van der Waals surface area (Å²) in [6.07, 6.45) is 4.61. The number of rotatable bonds is 5. The smallest absolute Gasteiger partial charge is 0.237 e. The van der Waals surface area contributed by atoms with Crippen molar-refractivity contribution >= 4 is 30.7 Å². The lowest BCUT2D eigenvalue weighted by atomic mass is 10.0. The first-order chi connectivity index (χ1) is 9.15. The normalized spacial score (nSPS) is 26.0. The fraction of sp³-hybridized carbons (Fsp3) is 0.933. The molecule has 2 fully saturated rings. The van der Waals surface area contributed by atoms with Crippen molar-refractivity contribution in [2.75, 3.05) is 32.7 Å². The summed E-state index contributed by atoms with van der Waals surface area (Å²) >= 11 is 0. The van der Waals surface area contributed by atoms with Gasteiger partial charge in [-0.3, -0.25) is 4.79 Å². The van der Waals surface area contributed by atoms with Crippen LogP contribution in [0.15, 0.2) is 0 Å². The third-order valence-corrected chi connectivity index (χ3v) is 4.19. The highest BCUT2D eigenvalue weighted by Gasteiger charge is 2.25. The summed E-state index contributed by atoms with van der Waals surface area (Å²) < 4.78 is 0. The summed E-state index contributed by atoms with van der Waals surface area (Å²) in [4.78, 5) is 14.6. The van der Waals surface area contributed by atoms with Gasteiger partial charge in [-0.15, -0.1) is 24.8 Å². The Kier molecular flexibility index (Phi) is 10.6. The van der Waals surface area contributed by atoms with Crippen LogP contribution < -0.4 is 10.6 Å². The maximum Gasteiger partial charge on any atom is 0.237 e. The predicted molar refractivity (Wildman–Crippen MR) is 92.5 cm³/mol. The van der Waals surface area contributed by atoms with E-state index in [4.69, 9.17) is 0 Å². The van der Waals surface area contributed by atoms with Crippen molar-refractivity contribution in [2.24, 2.45) is 11.8 Å². The van der Waals surface area contributed by atoms with E-state index in [1.54, 1.807) is 0 Å². The number of carbonyl (C=O) groups excluding carboxylic acids is 1. The van der Waals surface area contributed by atoms with Gasteiger partial charge in [-0.05, 0) is 44.2 Å². The Bertz CT molecular complexity index is 297. The van der Waals surface area contributed by atoms with E-state index in [-0.39, 0.29) is 36.8 Å². The number of nitrogens with zero attached hydrogens (tertiary/aromatic N) is 1. The monoisotopic (exact) mass is 339 g/mol. The number of carbonyl (C=O) groups is 1. The molecule has 2 rings (SSSR count). The molecule has 2 aliphatic rings. The van der Waals surface area contributed by atoms with Crippen LogP contribution in [0.5, 0.6) is 0 Å². The minimum absolute atomic E-state index is 0. The molecule has 6 heteroatoms. The summed E-state index contributed by atoms with van der Waals surface area (Å²) in [6, 6.07) is 0.0573. The molecular formula is C15H31Cl2N3O. The molecule has 0 aromatic carbocycles. The van der Waals surface area contributed by atoms with Gasteiger partial charge in [0.1, 0.15) is 0 Å². The SMILES string of the molecule is CC(C)CN1CCC(CNC(=O)[C@H]2CCCCN2)C1.Cl.Cl. The zero-order valence-electron chi connectivity index (χ0n) is 13.3. The Morgan fingerprint density at radius 3 is 2.67 bits per heavy atom. The summed E-state index contributed by atoms with van der Waals surface area (Å²) in [5.74, 6) is 1.59. The number of likely N-dealkylation sites (tertiary alicyclic amines) is 1. The van der Waals surface area contributed by atoms with Crippen LogP contribution in [-0.2, 0) is 4.79 Å². The van der Waals surface area contributed by atoms with Crippen LogP contribution in [0.2, 0.25) is 0 Å². The first-order valence-corrected chi connectivity index (χ1v) is 7.88. The van der Waals surface area contributed by atoms with Crippen molar-refractivity contribution in [1.29, 1.82) is 0 Å². The molecule has 1 unspecified atom stereocenters. The molecule has 21 heavy (non-hydrogen) atoms. The van der Waals surface area contributed by atoms with E-state index in [1.165, 1.54) is 32.4 Å². The van der Waals surface area contributed by atoms with Crippen molar-refractivity contribution in [3.8, 4) is 0 Å². The van der Waals surface area contributed by atoms with Gasteiger partial charge in [0.2, 0.25) is 5.91 Å². The quantitative estimate of drug-likeness (QED) is 0.805. The Labute approximate surface area is 141 Å². The van der Waals surface area contributed by atoms with E-state index in [9.17, 15) is 4.79 Å². The molecule has 0 aromatic heterocycles. The molecule has 2 heterocycles. The van der Waals surface area contributed by atoms with Crippen molar-refractivity contribution in [1.82, 2.24) is 15.5 Å². The number of halogens is 2. The molecule has 1 amide bonds. The maximum absolute atomic E-state index is 12.0. The Balaban J connectivity index is 0.00000200. The molecule has 0 radical (unpaired) electrons. The molecule has 4 nitrogen and oxygen atoms in total. The van der Waals surface area contributed by atoms with Crippen LogP contribution in [0.1, 0.15) is 39.5 Å². The Morgan fingerprint density at radius 2 is 2.05 bits per heavy atom. The van der Waals surface area contributed by atoms with Crippen molar-refractivity contribution in [2.45, 2.75) is 45.6 Å². The average Bonchev–Trinajstić information content (AvgIpc) is 2.84. The van der Waals surface area contributed by atoms with Crippen LogP contribution in [-0.4, -0.2) is 49.6 Å². The predicted octanol–water partition coefficient (Wildman–Crippen LogP) is 2.07. The van der Waals surface area contributed by atoms with Gasteiger partial charge < -0.3 is 15.5 Å². The van der Waals surface area contributed by atoms with Gasteiger partial charge in [0, 0.05) is 19.6 Å². The van der Waals surface area contributed by atoms with E-state index in [0.717, 1.165) is 32.0 Å². The highest BCUT2D eigenvalue weighted by molar-refractivity contribution is 5.85. The van der Waals surface area contributed by atoms with Gasteiger partial charge in [-0.1, -0.05) is 20.3 Å². The molecule has 0 spiro atoms. The number of hydrogen-bond donors (Lipinski definition) is 2. The summed E-state index contributed by atoms with van der Waals surface area (Å²) in [6.45, 7) is 9.91. The van der Waals surface area contributed by atoms with Gasteiger partial charge in [-0.2, -0.15) is 0 Å². The second-order valence-electron chi connectivity index (χ2n) is 6.56. The highest BCUT2D eigenvalue weighted by atomic mass is 35.5. The zero-order valence-corrected chi connectivity index (χ0v) is 14.9. The first-order valence-electron chi connectivity index (χ1n) is 7.88. The average molecular weight is 340 g/mol. The summed E-state index contributed by atoms with van der Waals surface area (Å²) in [5, 5.41) is 6.45. The minimum atomic E-state index is 0. The zero-order chi connectivity index (χ0) is 13.7. The van der Waals surface area contributed by atoms with E-state index in [1.807, 2.05) is 0 Å². The molecule has 0 saturated carbocycles. The number of amides is 1. The van der Waals surface area contributed by atoms with Gasteiger partial charge in [0.25, 0.3) is 0 Å². The fourth-order valence-electron chi connectivity index (χ4n) is 3.21. The van der Waals surface area contributed by atoms with Crippen LogP contribution >= 0.6 is 24.8 Å². The van der Waals surface area contributed by atoms with Crippen LogP contribution in [0.25, 0.3) is 0 Å². The molecule has 2 atom stereocenters. The van der Waals surface area contributed by atoms with Crippen molar-refractivity contribution in [3.05, 3.63) is 0 Å². The summed E-state index contributed by atoms with van der Waals surface area (Å²) in [5.41, 5.74) is 0. The Hall–Kier alpha value is -0.0300. The van der Waals surface area contributed by atoms with Crippen molar-refractivity contribution < 1.29 is 4.79 Å². The third-order valence-electron chi connectivity index (χ3n) is 4.19. The maximum atomic E-state index is 12.0. The number of piperidine rings is 1. The van der Waals surface area contributed by atoms with E-state index in [0.29, 0.717) is 5.92 Å². The Morgan fingerprint density at radius 1 is 1.29 bits per heavy atom. The lowest BCUT2D eigenvalue weighted by Gasteiger charge is -2.23. The largest absolute Gasteiger partial charge is 0.354 e. The van der Waals surface area contributed by atoms with Crippen LogP contribution in [0.3, 0.4) is 0 Å². The highest BCUT2D eigenvalue weighted by Crippen LogP contribution is 2.16. The van der Waals surface area contributed by atoms with Crippen LogP contribution in [0, 0.1) is 11.8 Å². The van der Waals surface area contributed by atoms with Gasteiger partial charge in [-0.25, -0.2) is 0 Å². The van der Waals surface area contributed by atoms with Crippen LogP contribution in [0.4, 0.5) is 0 Å². The molecule has 0 aliphatic carbocycles.